The van der Waals surface area contributed by atoms with Gasteiger partial charge in [0.05, 0.1) is 11.7 Å². The Labute approximate surface area is 224 Å². The van der Waals surface area contributed by atoms with Gasteiger partial charge in [-0.25, -0.2) is 9.50 Å². The summed E-state index contributed by atoms with van der Waals surface area (Å²) in [6, 6.07) is 6.22. The smallest absolute Gasteiger partial charge is 0.387 e. The lowest BCUT2D eigenvalue weighted by atomic mass is 9.86. The quantitative estimate of drug-likeness (QED) is 0.353. The van der Waals surface area contributed by atoms with Crippen LogP contribution in [-0.2, 0) is 11.3 Å². The lowest BCUT2D eigenvalue weighted by molar-refractivity contribution is -0.162. The third-order valence-electron chi connectivity index (χ3n) is 6.96. The van der Waals surface area contributed by atoms with Crippen molar-refractivity contribution in [3.63, 3.8) is 0 Å². The number of alkyl halides is 2. The number of aromatic nitrogens is 5. The van der Waals surface area contributed by atoms with E-state index < -0.39 is 12.5 Å². The molecule has 1 aromatic carbocycles. The number of rotatable bonds is 7. The van der Waals surface area contributed by atoms with Gasteiger partial charge in [0.2, 0.25) is 5.91 Å². The molecule has 2 amide bonds. The number of fused-ring (bicyclic) bond motifs is 2. The van der Waals surface area contributed by atoms with Crippen molar-refractivity contribution in [3.05, 3.63) is 53.4 Å². The number of amides is 2. The van der Waals surface area contributed by atoms with Crippen molar-refractivity contribution >= 4 is 40.6 Å². The predicted molar refractivity (Wildman–Crippen MR) is 137 cm³/mol. The van der Waals surface area contributed by atoms with Crippen molar-refractivity contribution in [2.24, 2.45) is 0 Å². The van der Waals surface area contributed by atoms with E-state index in [1.807, 2.05) is 7.05 Å². The summed E-state index contributed by atoms with van der Waals surface area (Å²) < 4.78 is 33.8. The maximum absolute atomic E-state index is 13.4. The molecule has 0 saturated carbocycles. The number of likely N-dealkylation sites (N-methyl/N-ethyl adjacent to an activating group) is 1. The van der Waals surface area contributed by atoms with Crippen molar-refractivity contribution in [1.82, 2.24) is 34.2 Å². The van der Waals surface area contributed by atoms with Crippen LogP contribution >= 0.6 is 11.6 Å². The van der Waals surface area contributed by atoms with Gasteiger partial charge in [-0.1, -0.05) is 11.6 Å². The van der Waals surface area contributed by atoms with Gasteiger partial charge in [0, 0.05) is 48.3 Å². The number of halogens is 3. The Kier molecular flexibility index (Phi) is 6.07. The molecule has 5 heterocycles. The maximum Gasteiger partial charge on any atom is 0.387 e. The van der Waals surface area contributed by atoms with Crippen LogP contribution in [0.5, 0.6) is 5.75 Å². The summed E-state index contributed by atoms with van der Waals surface area (Å²) in [7, 11) is 2.01. The van der Waals surface area contributed by atoms with E-state index in [1.165, 1.54) is 39.8 Å². The van der Waals surface area contributed by atoms with E-state index in [0.717, 1.165) is 6.54 Å². The molecule has 2 saturated heterocycles. The van der Waals surface area contributed by atoms with Crippen LogP contribution in [0.2, 0.25) is 5.02 Å². The number of piperazine rings is 1. The van der Waals surface area contributed by atoms with Crippen LogP contribution < -0.4 is 15.8 Å². The number of carbonyl (C=O) groups excluding carboxylic acids is 2. The lowest BCUT2D eigenvalue weighted by Crippen LogP contribution is -2.78. The summed E-state index contributed by atoms with van der Waals surface area (Å²) in [5.41, 5.74) is 6.52. The molecule has 12 nitrogen and oxygen atoms in total. The summed E-state index contributed by atoms with van der Waals surface area (Å²) in [4.78, 5) is 34.5. The second-order valence-corrected chi connectivity index (χ2v) is 9.77. The number of anilines is 2. The Morgan fingerprint density at radius 1 is 1.26 bits per heavy atom. The van der Waals surface area contributed by atoms with Gasteiger partial charge >= 0.3 is 6.61 Å². The minimum Gasteiger partial charge on any atom is -0.434 e. The van der Waals surface area contributed by atoms with Crippen LogP contribution in [0.3, 0.4) is 0 Å². The number of likely N-dealkylation sites (tertiary alicyclic amines) is 2. The molecule has 202 valence electrons. The molecule has 2 aliphatic heterocycles. The number of carbonyl (C=O) groups is 2. The van der Waals surface area contributed by atoms with Crippen molar-refractivity contribution in [1.29, 1.82) is 0 Å². The molecule has 0 spiro atoms. The zero-order valence-electron chi connectivity index (χ0n) is 20.5. The summed E-state index contributed by atoms with van der Waals surface area (Å²) in [6.45, 7) is -1.81. The standard InChI is InChI=1S/C24H22ClF2N9O3/c1-33-9-16-15(33)10-35(16)18(37)11-34-8-14(20(31-34)13-7-12(25)3-4-17(13)39-24(26)27)30-23(38)19-21(28)32-36-6-2-5-29-22(19)36/h2-8,15-16,24H,9-11H2,1H3,(H2,28,32)(H,30,38)/t15-,16?/m0/s1. The zero-order valence-corrected chi connectivity index (χ0v) is 21.2. The fraction of sp³-hybridized carbons (Fsp3) is 0.292. The summed E-state index contributed by atoms with van der Waals surface area (Å²) >= 11 is 6.17. The minimum atomic E-state index is -3.11. The van der Waals surface area contributed by atoms with Gasteiger partial charge in [0.1, 0.15) is 23.6 Å². The van der Waals surface area contributed by atoms with Gasteiger partial charge in [0.15, 0.2) is 11.5 Å². The SMILES string of the molecule is CN1CC2[C@@H]1CN2C(=O)Cn1cc(NC(=O)c2c(N)nn3cccnc23)c(-c2cc(Cl)ccc2OC(F)F)n1. The number of benzene rings is 1. The Balaban J connectivity index is 1.36. The van der Waals surface area contributed by atoms with E-state index in [4.69, 9.17) is 17.3 Å². The molecule has 2 aliphatic rings. The highest BCUT2D eigenvalue weighted by Gasteiger charge is 2.51. The van der Waals surface area contributed by atoms with Crippen molar-refractivity contribution < 1.29 is 23.1 Å². The number of hydrogen-bond donors (Lipinski definition) is 2. The average molecular weight is 558 g/mol. The first-order valence-electron chi connectivity index (χ1n) is 11.9. The third-order valence-corrected chi connectivity index (χ3v) is 7.19. The Morgan fingerprint density at radius 2 is 2.08 bits per heavy atom. The molecule has 3 aromatic heterocycles. The summed E-state index contributed by atoms with van der Waals surface area (Å²) in [5.74, 6) is -1.07. The highest BCUT2D eigenvalue weighted by molar-refractivity contribution is 6.31. The third kappa shape index (κ3) is 4.40. The van der Waals surface area contributed by atoms with Gasteiger partial charge in [-0.15, -0.1) is 5.10 Å². The zero-order chi connectivity index (χ0) is 27.4. The van der Waals surface area contributed by atoms with Crippen LogP contribution in [-0.4, -0.2) is 84.8 Å². The van der Waals surface area contributed by atoms with Crippen LogP contribution in [0.4, 0.5) is 20.3 Å². The molecule has 39 heavy (non-hydrogen) atoms. The van der Waals surface area contributed by atoms with E-state index in [2.05, 4.69) is 30.1 Å². The van der Waals surface area contributed by atoms with E-state index >= 15 is 0 Å². The number of nitrogens with zero attached hydrogens (tertiary/aromatic N) is 7. The molecule has 2 atom stereocenters. The van der Waals surface area contributed by atoms with Gasteiger partial charge < -0.3 is 20.7 Å². The maximum atomic E-state index is 13.4. The first kappa shape index (κ1) is 25.0. The monoisotopic (exact) mass is 557 g/mol. The molecule has 1 unspecified atom stereocenters. The molecule has 15 heteroatoms. The number of ether oxygens (including phenoxy) is 1. The Morgan fingerprint density at radius 3 is 2.79 bits per heavy atom. The fourth-order valence-corrected chi connectivity index (χ4v) is 5.15. The van der Waals surface area contributed by atoms with Gasteiger partial charge in [-0.2, -0.15) is 13.9 Å². The van der Waals surface area contributed by atoms with E-state index in [1.54, 1.807) is 17.2 Å². The molecule has 3 N–H and O–H groups in total. The fourth-order valence-electron chi connectivity index (χ4n) is 4.98. The highest BCUT2D eigenvalue weighted by Crippen LogP contribution is 2.38. The van der Waals surface area contributed by atoms with E-state index in [0.29, 0.717) is 12.6 Å². The molecule has 0 aliphatic carbocycles. The first-order chi connectivity index (χ1) is 18.7. The van der Waals surface area contributed by atoms with Crippen molar-refractivity contribution in [2.45, 2.75) is 25.2 Å². The largest absolute Gasteiger partial charge is 0.434 e. The van der Waals surface area contributed by atoms with Gasteiger partial charge in [-0.05, 0) is 31.3 Å². The lowest BCUT2D eigenvalue weighted by Gasteiger charge is -2.60. The average Bonchev–Trinajstić information content (AvgIpc) is 3.42. The Bertz CT molecular complexity index is 1610. The van der Waals surface area contributed by atoms with Crippen molar-refractivity contribution in [2.75, 3.05) is 31.2 Å². The number of nitrogens with two attached hydrogens (primary N) is 1. The van der Waals surface area contributed by atoms with Crippen LogP contribution in [0.25, 0.3) is 16.9 Å². The van der Waals surface area contributed by atoms with Crippen LogP contribution in [0.1, 0.15) is 10.4 Å². The number of nitrogen functional groups attached to an aromatic ring is 1. The van der Waals surface area contributed by atoms with Crippen LogP contribution in [0, 0.1) is 0 Å². The van der Waals surface area contributed by atoms with Gasteiger partial charge in [0.25, 0.3) is 5.91 Å². The first-order valence-corrected chi connectivity index (χ1v) is 12.3. The van der Waals surface area contributed by atoms with E-state index in [9.17, 15) is 18.4 Å². The molecule has 6 rings (SSSR count). The Hall–Kier alpha value is -4.30. The number of hydrogen-bond acceptors (Lipinski definition) is 8. The topological polar surface area (TPSA) is 136 Å². The minimum absolute atomic E-state index is 0.0150. The summed E-state index contributed by atoms with van der Waals surface area (Å²) in [5, 5.41) is 11.5. The second-order valence-electron chi connectivity index (χ2n) is 9.33. The van der Waals surface area contributed by atoms with Crippen LogP contribution in [0.15, 0.2) is 42.9 Å². The molecule has 0 radical (unpaired) electrons. The predicted octanol–water partition coefficient (Wildman–Crippen LogP) is 2.21. The van der Waals surface area contributed by atoms with E-state index in [-0.39, 0.29) is 63.2 Å². The molecule has 0 bridgehead atoms. The summed E-state index contributed by atoms with van der Waals surface area (Å²) in [6.07, 6.45) is 4.52. The number of nitrogens with one attached hydrogen (secondary N) is 1. The van der Waals surface area contributed by atoms with Crippen molar-refractivity contribution in [3.8, 4) is 17.0 Å². The highest BCUT2D eigenvalue weighted by atomic mass is 35.5. The molecular weight excluding hydrogens is 536 g/mol. The molecule has 4 aromatic rings. The second kappa shape index (κ2) is 9.47. The molecule has 2 fully saturated rings. The van der Waals surface area contributed by atoms with Gasteiger partial charge in [-0.3, -0.25) is 19.2 Å². The normalized spacial score (nSPS) is 18.5. The molecular formula is C24H22ClF2N9O3.